The number of anilines is 3. The van der Waals surface area contributed by atoms with Gasteiger partial charge in [0, 0.05) is 50.0 Å². The molecule has 6 nitrogen and oxygen atoms in total. The van der Waals surface area contributed by atoms with E-state index in [1.807, 2.05) is 24.3 Å². The minimum Gasteiger partial charge on any atom is -0.369 e. The summed E-state index contributed by atoms with van der Waals surface area (Å²) in [6.07, 6.45) is 0. The van der Waals surface area contributed by atoms with E-state index in [2.05, 4.69) is 68.5 Å². The maximum atomic E-state index is 5.95. The first kappa shape index (κ1) is 18.3. The number of benzene rings is 2. The van der Waals surface area contributed by atoms with Crippen LogP contribution >= 0.6 is 0 Å². The van der Waals surface area contributed by atoms with Crippen molar-refractivity contribution in [2.75, 3.05) is 49.2 Å². The number of aromatic nitrogens is 2. The lowest BCUT2D eigenvalue weighted by Crippen LogP contribution is -2.44. The molecule has 4 rings (SSSR count). The van der Waals surface area contributed by atoms with Crippen LogP contribution in [0.3, 0.4) is 0 Å². The highest BCUT2D eigenvalue weighted by Gasteiger charge is 2.14. The van der Waals surface area contributed by atoms with Gasteiger partial charge < -0.3 is 20.9 Å². The van der Waals surface area contributed by atoms with Gasteiger partial charge in [-0.15, -0.1) is 0 Å². The van der Waals surface area contributed by atoms with Crippen LogP contribution in [0.5, 0.6) is 0 Å². The smallest absolute Gasteiger partial charge is 0.222 e. The minimum absolute atomic E-state index is 0.274. The van der Waals surface area contributed by atoms with E-state index in [0.717, 1.165) is 43.3 Å². The molecule has 0 unspecified atom stereocenters. The Labute approximate surface area is 166 Å². The standard InChI is InChI=1S/C22H26N6/c1-27-11-13-28(14-12-27)19-9-7-18(8-10-19)20-15-21(26-22(23)25-20)24-16-17-5-3-2-4-6-17/h2-10,15H,11-14,16H2,1H3,(H3,23,24,25,26). The van der Waals surface area contributed by atoms with Crippen molar-refractivity contribution >= 4 is 17.5 Å². The number of rotatable bonds is 5. The molecular weight excluding hydrogens is 348 g/mol. The lowest BCUT2D eigenvalue weighted by atomic mass is 10.1. The van der Waals surface area contributed by atoms with Gasteiger partial charge >= 0.3 is 0 Å². The van der Waals surface area contributed by atoms with Gasteiger partial charge in [-0.25, -0.2) is 4.98 Å². The summed E-state index contributed by atoms with van der Waals surface area (Å²) < 4.78 is 0. The third-order valence-electron chi connectivity index (χ3n) is 5.09. The molecule has 1 fully saturated rings. The predicted octanol–water partition coefficient (Wildman–Crippen LogP) is 3.09. The Balaban J connectivity index is 1.48. The SMILES string of the molecule is CN1CCN(c2ccc(-c3cc(NCc4ccccc4)nc(N)n3)cc2)CC1. The fraction of sp³-hybridized carbons (Fsp3) is 0.273. The average molecular weight is 374 g/mol. The van der Waals surface area contributed by atoms with Crippen molar-refractivity contribution in [2.45, 2.75) is 6.54 Å². The van der Waals surface area contributed by atoms with Gasteiger partial charge in [-0.2, -0.15) is 4.98 Å². The van der Waals surface area contributed by atoms with Crippen molar-refractivity contribution in [2.24, 2.45) is 0 Å². The van der Waals surface area contributed by atoms with Crippen LogP contribution in [-0.2, 0) is 6.54 Å². The van der Waals surface area contributed by atoms with Crippen LogP contribution in [-0.4, -0.2) is 48.1 Å². The second-order valence-corrected chi connectivity index (χ2v) is 7.17. The Bertz CT molecular complexity index is 902. The van der Waals surface area contributed by atoms with Gasteiger partial charge in [-0.1, -0.05) is 42.5 Å². The van der Waals surface area contributed by atoms with Crippen LogP contribution in [0.15, 0.2) is 60.7 Å². The van der Waals surface area contributed by atoms with E-state index in [1.54, 1.807) is 0 Å². The molecule has 0 amide bonds. The largest absolute Gasteiger partial charge is 0.369 e. The molecule has 0 saturated carbocycles. The summed E-state index contributed by atoms with van der Waals surface area (Å²) in [5.41, 5.74) is 10.3. The molecule has 0 bridgehead atoms. The summed E-state index contributed by atoms with van der Waals surface area (Å²) in [6.45, 7) is 5.01. The number of nitrogen functional groups attached to an aromatic ring is 1. The fourth-order valence-electron chi connectivity index (χ4n) is 3.40. The van der Waals surface area contributed by atoms with E-state index in [1.165, 1.54) is 11.3 Å². The van der Waals surface area contributed by atoms with Crippen LogP contribution in [0.2, 0.25) is 0 Å². The third-order valence-corrected chi connectivity index (χ3v) is 5.09. The van der Waals surface area contributed by atoms with Crippen molar-refractivity contribution in [3.8, 4) is 11.3 Å². The molecule has 3 aromatic rings. The van der Waals surface area contributed by atoms with Gasteiger partial charge in [0.2, 0.25) is 5.95 Å². The van der Waals surface area contributed by atoms with Crippen molar-refractivity contribution in [3.63, 3.8) is 0 Å². The highest BCUT2D eigenvalue weighted by molar-refractivity contribution is 5.66. The molecule has 3 N–H and O–H groups in total. The van der Waals surface area contributed by atoms with Crippen molar-refractivity contribution in [3.05, 3.63) is 66.2 Å². The number of nitrogens with zero attached hydrogens (tertiary/aromatic N) is 4. The number of likely N-dealkylation sites (N-methyl/N-ethyl adjacent to an activating group) is 1. The second-order valence-electron chi connectivity index (χ2n) is 7.17. The van der Waals surface area contributed by atoms with E-state index < -0.39 is 0 Å². The molecule has 1 aliphatic heterocycles. The van der Waals surface area contributed by atoms with Crippen LogP contribution in [0.25, 0.3) is 11.3 Å². The zero-order chi connectivity index (χ0) is 19.3. The molecule has 1 aromatic heterocycles. The van der Waals surface area contributed by atoms with Crippen molar-refractivity contribution in [1.29, 1.82) is 0 Å². The number of hydrogen-bond acceptors (Lipinski definition) is 6. The van der Waals surface area contributed by atoms with E-state index in [4.69, 9.17) is 5.73 Å². The highest BCUT2D eigenvalue weighted by atomic mass is 15.2. The zero-order valence-electron chi connectivity index (χ0n) is 16.2. The lowest BCUT2D eigenvalue weighted by Gasteiger charge is -2.34. The summed E-state index contributed by atoms with van der Waals surface area (Å²) in [5, 5.41) is 3.34. The van der Waals surface area contributed by atoms with Gasteiger partial charge in [-0.05, 0) is 24.7 Å². The summed E-state index contributed by atoms with van der Waals surface area (Å²) >= 11 is 0. The Morgan fingerprint density at radius 3 is 2.36 bits per heavy atom. The van der Waals surface area contributed by atoms with Gasteiger partial charge in [0.1, 0.15) is 5.82 Å². The second kappa shape index (κ2) is 8.27. The van der Waals surface area contributed by atoms with Gasteiger partial charge in [0.05, 0.1) is 5.69 Å². The van der Waals surface area contributed by atoms with E-state index in [0.29, 0.717) is 6.54 Å². The first-order chi connectivity index (χ1) is 13.7. The van der Waals surface area contributed by atoms with Crippen molar-refractivity contribution < 1.29 is 0 Å². The van der Waals surface area contributed by atoms with Gasteiger partial charge in [-0.3, -0.25) is 0 Å². The molecule has 1 aliphatic rings. The van der Waals surface area contributed by atoms with Crippen LogP contribution in [0.4, 0.5) is 17.5 Å². The summed E-state index contributed by atoms with van der Waals surface area (Å²) in [4.78, 5) is 13.5. The summed E-state index contributed by atoms with van der Waals surface area (Å²) in [6, 6.07) is 20.7. The fourth-order valence-corrected chi connectivity index (χ4v) is 3.40. The molecular formula is C22H26N6. The topological polar surface area (TPSA) is 70.3 Å². The molecule has 6 heteroatoms. The maximum absolute atomic E-state index is 5.95. The average Bonchev–Trinajstić information content (AvgIpc) is 2.73. The van der Waals surface area contributed by atoms with Crippen LogP contribution in [0.1, 0.15) is 5.56 Å². The van der Waals surface area contributed by atoms with E-state index in [-0.39, 0.29) is 5.95 Å². The molecule has 1 saturated heterocycles. The molecule has 2 heterocycles. The molecule has 0 aliphatic carbocycles. The van der Waals surface area contributed by atoms with E-state index in [9.17, 15) is 0 Å². The Hall–Kier alpha value is -3.12. The van der Waals surface area contributed by atoms with Crippen LogP contribution in [0, 0.1) is 0 Å². The minimum atomic E-state index is 0.274. The normalized spacial score (nSPS) is 14.8. The summed E-state index contributed by atoms with van der Waals surface area (Å²) in [7, 11) is 2.17. The Kier molecular flexibility index (Phi) is 5.39. The molecule has 144 valence electrons. The number of hydrogen-bond donors (Lipinski definition) is 2. The van der Waals surface area contributed by atoms with Crippen LogP contribution < -0.4 is 16.0 Å². The molecule has 2 aromatic carbocycles. The number of nitrogens with two attached hydrogens (primary N) is 1. The Morgan fingerprint density at radius 2 is 1.64 bits per heavy atom. The lowest BCUT2D eigenvalue weighted by molar-refractivity contribution is 0.313. The monoisotopic (exact) mass is 374 g/mol. The zero-order valence-corrected chi connectivity index (χ0v) is 16.2. The van der Waals surface area contributed by atoms with E-state index >= 15 is 0 Å². The summed E-state index contributed by atoms with van der Waals surface area (Å²) in [5.74, 6) is 1.01. The molecule has 0 atom stereocenters. The van der Waals surface area contributed by atoms with Gasteiger partial charge in [0.15, 0.2) is 0 Å². The van der Waals surface area contributed by atoms with Crippen molar-refractivity contribution in [1.82, 2.24) is 14.9 Å². The highest BCUT2D eigenvalue weighted by Crippen LogP contribution is 2.25. The quantitative estimate of drug-likeness (QED) is 0.715. The first-order valence-electron chi connectivity index (χ1n) is 9.64. The third kappa shape index (κ3) is 4.40. The number of piperazine rings is 1. The maximum Gasteiger partial charge on any atom is 0.222 e. The number of nitrogens with one attached hydrogen (secondary N) is 1. The molecule has 28 heavy (non-hydrogen) atoms. The predicted molar refractivity (Wildman–Crippen MR) is 115 cm³/mol. The first-order valence-corrected chi connectivity index (χ1v) is 9.64. The molecule has 0 radical (unpaired) electrons. The van der Waals surface area contributed by atoms with Gasteiger partial charge in [0.25, 0.3) is 0 Å². The Morgan fingerprint density at radius 1 is 0.929 bits per heavy atom. The molecule has 0 spiro atoms.